The van der Waals surface area contributed by atoms with Gasteiger partial charge in [-0.3, -0.25) is 0 Å². The summed E-state index contributed by atoms with van der Waals surface area (Å²) in [5.74, 6) is 0.711. The molecule has 1 aliphatic rings. The molecule has 2 N–H and O–H groups in total. The van der Waals surface area contributed by atoms with Crippen molar-refractivity contribution in [3.05, 3.63) is 34.3 Å². The first-order valence-corrected chi connectivity index (χ1v) is 7.72. The van der Waals surface area contributed by atoms with Crippen molar-refractivity contribution >= 4 is 15.9 Å². The monoisotopic (exact) mass is 310 g/mol. The molecule has 2 nitrogen and oxygen atoms in total. The zero-order valence-corrected chi connectivity index (χ0v) is 12.8. The molecule has 3 atom stereocenters. The quantitative estimate of drug-likeness (QED) is 0.889. The molecule has 1 heterocycles. The molecule has 0 radical (unpaired) electrons. The molecule has 2 rings (SSSR count). The minimum atomic E-state index is 0.476. The second-order valence-electron chi connectivity index (χ2n) is 5.26. The van der Waals surface area contributed by atoms with Crippen LogP contribution in [-0.4, -0.2) is 19.1 Å². The van der Waals surface area contributed by atoms with Crippen molar-refractivity contribution in [2.45, 2.75) is 38.8 Å². The molecule has 0 aliphatic carbocycles. The predicted octanol–water partition coefficient (Wildman–Crippen LogP) is 3.49. The molecule has 1 saturated heterocycles. The molecule has 1 aromatic carbocycles. The molecule has 0 spiro atoms. The molecule has 3 heteroatoms. The van der Waals surface area contributed by atoms with E-state index in [0.717, 1.165) is 24.0 Å². The molecule has 1 fully saturated rings. The van der Waals surface area contributed by atoms with Crippen LogP contribution in [0.2, 0.25) is 0 Å². The van der Waals surface area contributed by atoms with Gasteiger partial charge in [0.2, 0.25) is 0 Å². The summed E-state index contributed by atoms with van der Waals surface area (Å²) < 4.78 is 1.15. The van der Waals surface area contributed by atoms with Crippen LogP contribution in [0.3, 0.4) is 0 Å². The minimum Gasteiger partial charge on any atom is -0.316 e. The Balaban J connectivity index is 2.02. The van der Waals surface area contributed by atoms with Crippen molar-refractivity contribution in [3.8, 4) is 0 Å². The Hall–Kier alpha value is -0.380. The second kappa shape index (κ2) is 6.69. The SMILES string of the molecule is CCC(NC1CCNCC1C)c1ccc(Br)cc1. The molecular weight excluding hydrogens is 288 g/mol. The van der Waals surface area contributed by atoms with Crippen molar-refractivity contribution in [3.63, 3.8) is 0 Å². The predicted molar refractivity (Wildman–Crippen MR) is 80.7 cm³/mol. The highest BCUT2D eigenvalue weighted by molar-refractivity contribution is 9.10. The van der Waals surface area contributed by atoms with Crippen LogP contribution in [0.5, 0.6) is 0 Å². The van der Waals surface area contributed by atoms with Crippen LogP contribution in [0.1, 0.15) is 38.3 Å². The Kier molecular flexibility index (Phi) is 5.22. The lowest BCUT2D eigenvalue weighted by molar-refractivity contribution is 0.270. The third-order valence-electron chi connectivity index (χ3n) is 3.88. The maximum atomic E-state index is 3.84. The fourth-order valence-corrected chi connectivity index (χ4v) is 2.93. The number of halogens is 1. The van der Waals surface area contributed by atoms with Crippen LogP contribution < -0.4 is 10.6 Å². The van der Waals surface area contributed by atoms with Gasteiger partial charge in [0.05, 0.1) is 0 Å². The van der Waals surface area contributed by atoms with Crippen LogP contribution in [-0.2, 0) is 0 Å². The fourth-order valence-electron chi connectivity index (χ4n) is 2.66. The largest absolute Gasteiger partial charge is 0.316 e. The van der Waals surface area contributed by atoms with Crippen molar-refractivity contribution < 1.29 is 0 Å². The molecule has 18 heavy (non-hydrogen) atoms. The number of nitrogens with one attached hydrogen (secondary N) is 2. The number of piperidine rings is 1. The normalized spacial score (nSPS) is 25.9. The zero-order chi connectivity index (χ0) is 13.0. The summed E-state index contributed by atoms with van der Waals surface area (Å²) >= 11 is 3.50. The van der Waals surface area contributed by atoms with Gasteiger partial charge in [-0.15, -0.1) is 0 Å². The minimum absolute atomic E-state index is 0.476. The lowest BCUT2D eigenvalue weighted by Gasteiger charge is -2.33. The zero-order valence-electron chi connectivity index (χ0n) is 11.2. The molecular formula is C15H23BrN2. The molecule has 0 amide bonds. The van der Waals surface area contributed by atoms with E-state index >= 15 is 0 Å². The van der Waals surface area contributed by atoms with Crippen molar-refractivity contribution in [2.24, 2.45) is 5.92 Å². The van der Waals surface area contributed by atoms with Crippen LogP contribution in [0.15, 0.2) is 28.7 Å². The van der Waals surface area contributed by atoms with Gasteiger partial charge in [-0.1, -0.05) is 41.9 Å². The second-order valence-corrected chi connectivity index (χ2v) is 6.17. The summed E-state index contributed by atoms with van der Waals surface area (Å²) in [7, 11) is 0. The van der Waals surface area contributed by atoms with E-state index in [1.807, 2.05) is 0 Å². The first-order chi connectivity index (χ1) is 8.70. The third-order valence-corrected chi connectivity index (χ3v) is 4.41. The average molecular weight is 311 g/mol. The highest BCUT2D eigenvalue weighted by Gasteiger charge is 2.23. The maximum absolute atomic E-state index is 3.84. The Morgan fingerprint density at radius 1 is 1.39 bits per heavy atom. The van der Waals surface area contributed by atoms with E-state index in [4.69, 9.17) is 0 Å². The third kappa shape index (κ3) is 3.56. The van der Waals surface area contributed by atoms with Crippen LogP contribution in [0.25, 0.3) is 0 Å². The van der Waals surface area contributed by atoms with Gasteiger partial charge in [0.1, 0.15) is 0 Å². The highest BCUT2D eigenvalue weighted by Crippen LogP contribution is 2.22. The first-order valence-electron chi connectivity index (χ1n) is 6.93. The molecule has 0 aromatic heterocycles. The summed E-state index contributed by atoms with van der Waals surface area (Å²) in [5.41, 5.74) is 1.39. The Morgan fingerprint density at radius 3 is 2.72 bits per heavy atom. The fraction of sp³-hybridized carbons (Fsp3) is 0.600. The Morgan fingerprint density at radius 2 is 2.11 bits per heavy atom. The summed E-state index contributed by atoms with van der Waals surface area (Å²) in [5, 5.41) is 7.29. The average Bonchev–Trinajstić information content (AvgIpc) is 2.39. The van der Waals surface area contributed by atoms with Gasteiger partial charge in [0.15, 0.2) is 0 Å². The van der Waals surface area contributed by atoms with E-state index in [1.165, 1.54) is 12.0 Å². The highest BCUT2D eigenvalue weighted by atomic mass is 79.9. The molecule has 1 aliphatic heterocycles. The van der Waals surface area contributed by atoms with Gasteiger partial charge in [0, 0.05) is 16.6 Å². The summed E-state index contributed by atoms with van der Waals surface area (Å²) in [6, 6.07) is 9.81. The summed E-state index contributed by atoms with van der Waals surface area (Å²) in [6.07, 6.45) is 2.37. The van der Waals surface area contributed by atoms with Crippen molar-refractivity contribution in [2.75, 3.05) is 13.1 Å². The molecule has 100 valence electrons. The molecule has 0 bridgehead atoms. The van der Waals surface area contributed by atoms with Crippen molar-refractivity contribution in [1.29, 1.82) is 0 Å². The maximum Gasteiger partial charge on any atom is 0.0320 e. The molecule has 0 saturated carbocycles. The van der Waals surface area contributed by atoms with Gasteiger partial charge < -0.3 is 10.6 Å². The van der Waals surface area contributed by atoms with E-state index in [1.54, 1.807) is 0 Å². The molecule has 3 unspecified atom stereocenters. The van der Waals surface area contributed by atoms with E-state index in [2.05, 4.69) is 64.7 Å². The van der Waals surface area contributed by atoms with E-state index < -0.39 is 0 Å². The topological polar surface area (TPSA) is 24.1 Å². The van der Waals surface area contributed by atoms with E-state index in [0.29, 0.717) is 18.0 Å². The molecule has 1 aromatic rings. The number of hydrogen-bond acceptors (Lipinski definition) is 2. The van der Waals surface area contributed by atoms with E-state index in [9.17, 15) is 0 Å². The van der Waals surface area contributed by atoms with E-state index in [-0.39, 0.29) is 0 Å². The van der Waals surface area contributed by atoms with Gasteiger partial charge in [-0.05, 0) is 49.5 Å². The Labute approximate surface area is 119 Å². The van der Waals surface area contributed by atoms with Crippen LogP contribution in [0, 0.1) is 5.92 Å². The van der Waals surface area contributed by atoms with Crippen LogP contribution >= 0.6 is 15.9 Å². The number of hydrogen-bond donors (Lipinski definition) is 2. The van der Waals surface area contributed by atoms with Gasteiger partial charge in [-0.25, -0.2) is 0 Å². The number of benzene rings is 1. The lowest BCUT2D eigenvalue weighted by atomic mass is 9.93. The Bertz CT molecular complexity index is 363. The van der Waals surface area contributed by atoms with Gasteiger partial charge >= 0.3 is 0 Å². The van der Waals surface area contributed by atoms with Crippen LogP contribution in [0.4, 0.5) is 0 Å². The first kappa shape index (κ1) is 14.0. The summed E-state index contributed by atoms with van der Waals surface area (Å²) in [6.45, 7) is 6.86. The standard InChI is InChI=1S/C15H23BrN2/c1-3-14(12-4-6-13(16)7-5-12)18-15-8-9-17-10-11(15)2/h4-7,11,14-15,17-18H,3,8-10H2,1-2H3. The van der Waals surface area contributed by atoms with Gasteiger partial charge in [-0.2, -0.15) is 0 Å². The number of rotatable bonds is 4. The van der Waals surface area contributed by atoms with Gasteiger partial charge in [0.25, 0.3) is 0 Å². The summed E-state index contributed by atoms with van der Waals surface area (Å²) in [4.78, 5) is 0. The van der Waals surface area contributed by atoms with Crippen molar-refractivity contribution in [1.82, 2.24) is 10.6 Å². The lowest BCUT2D eigenvalue weighted by Crippen LogP contribution is -2.47. The smallest absolute Gasteiger partial charge is 0.0320 e.